The molecular formula is C23H35N13O9. The Bertz CT molecular complexity index is 1270. The Hall–Kier alpha value is -4.03. The monoisotopic (exact) mass is 637 g/mol. The Balaban J connectivity index is 1.99. The molecule has 1 saturated carbocycles. The topological polar surface area (TPSA) is 331 Å². The second-order valence-corrected chi connectivity index (χ2v) is 11.4. The van der Waals surface area contributed by atoms with Gasteiger partial charge in [0.05, 0.1) is 49.1 Å². The van der Waals surface area contributed by atoms with E-state index < -0.39 is 91.2 Å². The van der Waals surface area contributed by atoms with Crippen LogP contribution in [0.4, 0.5) is 4.79 Å². The van der Waals surface area contributed by atoms with Gasteiger partial charge in [-0.05, 0) is 56.2 Å². The minimum Gasteiger partial charge on any atom is -0.444 e. The Kier molecular flexibility index (Phi) is 12.5. The second kappa shape index (κ2) is 15.8. The third kappa shape index (κ3) is 9.24. The van der Waals surface area contributed by atoms with Crippen molar-refractivity contribution in [1.82, 2.24) is 5.32 Å². The minimum atomic E-state index is -1.79. The molecule has 7 unspecified atom stereocenters. The maximum absolute atomic E-state index is 12.6. The van der Waals surface area contributed by atoms with Gasteiger partial charge in [-0.1, -0.05) is 32.6 Å². The van der Waals surface area contributed by atoms with Gasteiger partial charge in [-0.15, -0.1) is 0 Å². The molecule has 2 aliphatic heterocycles. The second-order valence-electron chi connectivity index (χ2n) is 11.4. The van der Waals surface area contributed by atoms with Gasteiger partial charge in [-0.25, -0.2) is 4.79 Å². The third-order valence-corrected chi connectivity index (χ3v) is 7.05. The lowest BCUT2D eigenvalue weighted by atomic mass is 9.83. The van der Waals surface area contributed by atoms with Crippen molar-refractivity contribution in [2.24, 2.45) is 20.5 Å². The van der Waals surface area contributed by atoms with E-state index in [2.05, 4.69) is 45.4 Å². The number of carbonyl (C=O) groups excluding carboxylic acids is 1. The molecule has 0 bridgehead atoms. The predicted octanol–water partition coefficient (Wildman–Crippen LogP) is 2.51. The highest BCUT2D eigenvalue weighted by molar-refractivity contribution is 5.68. The molecule has 45 heavy (non-hydrogen) atoms. The summed E-state index contributed by atoms with van der Waals surface area (Å²) in [5.74, 6) is 0. The third-order valence-electron chi connectivity index (χ3n) is 7.05. The molecular weight excluding hydrogens is 602 g/mol. The quantitative estimate of drug-likeness (QED) is 0.118. The highest BCUT2D eigenvalue weighted by atomic mass is 16.7. The predicted molar refractivity (Wildman–Crippen MR) is 150 cm³/mol. The molecule has 0 radical (unpaired) electrons. The van der Waals surface area contributed by atoms with Gasteiger partial charge in [0, 0.05) is 19.6 Å². The van der Waals surface area contributed by atoms with E-state index in [4.69, 9.17) is 40.3 Å². The standard InChI is InChI=1S/C23H35N13O9/c1-9-14(32-36-27)16(38)17(39)21(41-9)44-19-15(37)12(29-22(40)45-23(2,3)4)7-13(31-35-26)18(19)43-20-11(30-34-25)6-5-10(42-20)8-28-33-24/h5-6,9-21,37-39H,7-8H2,1-4H3,(H,29,40)/t9?,10?,11?,12-,13?,14-,15?,16+,17?,18?,19-,20-,21+/m1/s1. The van der Waals surface area contributed by atoms with Gasteiger partial charge >= 0.3 is 6.09 Å². The van der Waals surface area contributed by atoms with Crippen LogP contribution < -0.4 is 5.32 Å². The Morgan fingerprint density at radius 3 is 2.20 bits per heavy atom. The number of rotatable bonds is 10. The molecule has 0 spiro atoms. The zero-order chi connectivity index (χ0) is 33.3. The van der Waals surface area contributed by atoms with Crippen LogP contribution >= 0.6 is 0 Å². The van der Waals surface area contributed by atoms with E-state index in [0.29, 0.717) is 0 Å². The fourth-order valence-corrected chi connectivity index (χ4v) is 5.05. The van der Waals surface area contributed by atoms with Gasteiger partial charge in [0.2, 0.25) is 0 Å². The van der Waals surface area contributed by atoms with Crippen molar-refractivity contribution in [2.75, 3.05) is 6.54 Å². The van der Waals surface area contributed by atoms with Crippen molar-refractivity contribution in [3.8, 4) is 0 Å². The highest BCUT2D eigenvalue weighted by Gasteiger charge is 2.52. The Morgan fingerprint density at radius 2 is 1.58 bits per heavy atom. The first-order chi connectivity index (χ1) is 21.3. The number of nitrogens with one attached hydrogen (secondary N) is 1. The van der Waals surface area contributed by atoms with Crippen LogP contribution in [-0.2, 0) is 23.7 Å². The molecule has 1 aliphatic carbocycles. The molecule has 3 aliphatic rings. The molecule has 1 amide bonds. The normalized spacial score (nSPS) is 37.9. The molecule has 0 aromatic rings. The zero-order valence-electron chi connectivity index (χ0n) is 24.7. The fourth-order valence-electron chi connectivity index (χ4n) is 5.05. The van der Waals surface area contributed by atoms with Crippen LogP contribution in [0.3, 0.4) is 0 Å². The lowest BCUT2D eigenvalue weighted by molar-refractivity contribution is -0.318. The van der Waals surface area contributed by atoms with Gasteiger partial charge in [0.15, 0.2) is 12.6 Å². The van der Waals surface area contributed by atoms with Crippen LogP contribution in [0.25, 0.3) is 41.8 Å². The van der Waals surface area contributed by atoms with Gasteiger partial charge in [-0.2, -0.15) is 0 Å². The van der Waals surface area contributed by atoms with Crippen molar-refractivity contribution in [2.45, 2.75) is 119 Å². The lowest BCUT2D eigenvalue weighted by Gasteiger charge is -2.48. The van der Waals surface area contributed by atoms with E-state index in [1.165, 1.54) is 19.1 Å². The summed E-state index contributed by atoms with van der Waals surface area (Å²) in [4.78, 5) is 23.6. The van der Waals surface area contributed by atoms with E-state index in [1.807, 2.05) is 0 Å². The first-order valence-electron chi connectivity index (χ1n) is 13.8. The molecule has 2 heterocycles. The van der Waals surface area contributed by atoms with Gasteiger partial charge < -0.3 is 44.3 Å². The first kappa shape index (κ1) is 35.4. The van der Waals surface area contributed by atoms with Gasteiger partial charge in [-0.3, -0.25) is 0 Å². The minimum absolute atomic E-state index is 0.144. The zero-order valence-corrected chi connectivity index (χ0v) is 24.7. The van der Waals surface area contributed by atoms with E-state index in [0.717, 1.165) is 0 Å². The number of alkyl carbamates (subject to hydrolysis) is 1. The number of nitrogens with zero attached hydrogens (tertiary/aromatic N) is 12. The highest BCUT2D eigenvalue weighted by Crippen LogP contribution is 2.34. The van der Waals surface area contributed by atoms with Crippen LogP contribution in [0.1, 0.15) is 34.1 Å². The van der Waals surface area contributed by atoms with Crippen molar-refractivity contribution in [1.29, 1.82) is 0 Å². The van der Waals surface area contributed by atoms with Crippen LogP contribution in [0, 0.1) is 0 Å². The van der Waals surface area contributed by atoms with Crippen molar-refractivity contribution < 1.29 is 43.8 Å². The number of aliphatic hydroxyl groups is 3. The average Bonchev–Trinajstić information content (AvgIpc) is 2.97. The largest absolute Gasteiger partial charge is 0.444 e. The van der Waals surface area contributed by atoms with Crippen LogP contribution in [-0.4, -0.2) is 113 Å². The molecule has 3 rings (SSSR count). The molecule has 4 N–H and O–H groups in total. The van der Waals surface area contributed by atoms with E-state index in [9.17, 15) is 25.6 Å². The summed E-state index contributed by atoms with van der Waals surface area (Å²) in [5, 5.41) is 49.8. The number of amides is 1. The molecule has 13 atom stereocenters. The number of azide groups is 4. The summed E-state index contributed by atoms with van der Waals surface area (Å²) in [6.45, 7) is 6.22. The Labute approximate surface area is 255 Å². The number of aliphatic hydroxyl groups excluding tert-OH is 3. The van der Waals surface area contributed by atoms with Crippen LogP contribution in [0.5, 0.6) is 0 Å². The SMILES string of the molecule is CC1O[C@@H](O[C@H]2C(O[C@H]3OC(CN=[N+]=[N-])C=CC3N=[N+]=[N-])C(N=[N+]=[N-])C[C@@H](NC(=O)OC(C)(C)C)C2O)C(O)[C@@H](O)[C@@H]1N=[N+]=[N-]. The molecule has 22 nitrogen and oxygen atoms in total. The van der Waals surface area contributed by atoms with Crippen molar-refractivity contribution in [3.05, 3.63) is 53.9 Å². The van der Waals surface area contributed by atoms with E-state index in [1.54, 1.807) is 20.8 Å². The summed E-state index contributed by atoms with van der Waals surface area (Å²) < 4.78 is 29.0. The molecule has 2 fully saturated rings. The maximum atomic E-state index is 12.6. The lowest BCUT2D eigenvalue weighted by Crippen LogP contribution is -2.66. The number of carbonyl (C=O) groups is 1. The number of hydrogen-bond donors (Lipinski definition) is 4. The molecule has 0 aromatic heterocycles. The van der Waals surface area contributed by atoms with Crippen molar-refractivity contribution in [3.63, 3.8) is 0 Å². The van der Waals surface area contributed by atoms with E-state index in [-0.39, 0.29) is 13.0 Å². The summed E-state index contributed by atoms with van der Waals surface area (Å²) in [6.07, 6.45) is -11.0. The fraction of sp³-hybridized carbons (Fsp3) is 0.870. The summed E-state index contributed by atoms with van der Waals surface area (Å²) in [6, 6.07) is -4.58. The molecule has 0 aromatic carbocycles. The molecule has 22 heteroatoms. The molecule has 1 saturated heterocycles. The maximum Gasteiger partial charge on any atom is 0.407 e. The van der Waals surface area contributed by atoms with Gasteiger partial charge in [0.25, 0.3) is 0 Å². The van der Waals surface area contributed by atoms with Crippen molar-refractivity contribution >= 4 is 6.09 Å². The average molecular weight is 638 g/mol. The van der Waals surface area contributed by atoms with Gasteiger partial charge in [0.1, 0.15) is 30.0 Å². The molecule has 246 valence electrons. The van der Waals surface area contributed by atoms with Crippen LogP contribution in [0.15, 0.2) is 32.6 Å². The first-order valence-corrected chi connectivity index (χ1v) is 13.8. The summed E-state index contributed by atoms with van der Waals surface area (Å²) in [5.41, 5.74) is 35.2. The number of ether oxygens (including phenoxy) is 5. The van der Waals surface area contributed by atoms with Crippen LogP contribution in [0.2, 0.25) is 0 Å². The summed E-state index contributed by atoms with van der Waals surface area (Å²) in [7, 11) is 0. The summed E-state index contributed by atoms with van der Waals surface area (Å²) >= 11 is 0. The number of hydrogen-bond acceptors (Lipinski definition) is 13. The smallest absolute Gasteiger partial charge is 0.407 e. The van der Waals surface area contributed by atoms with E-state index >= 15 is 0 Å². The Morgan fingerprint density at radius 1 is 0.911 bits per heavy atom.